The van der Waals surface area contributed by atoms with E-state index in [0.717, 1.165) is 46.2 Å². The molecule has 0 aliphatic carbocycles. The van der Waals surface area contributed by atoms with Crippen molar-refractivity contribution in [3.05, 3.63) is 130 Å². The van der Waals surface area contributed by atoms with Gasteiger partial charge in [0.15, 0.2) is 0 Å². The average molecular weight is 640 g/mol. The number of unbranched alkanes of at least 4 members (excludes halogenated alkanes) is 1. The van der Waals surface area contributed by atoms with E-state index in [-0.39, 0.29) is 23.8 Å². The molecule has 242 valence electrons. The average Bonchev–Trinajstić information content (AvgIpc) is 3.04. The fourth-order valence-corrected chi connectivity index (χ4v) is 6.76. The van der Waals surface area contributed by atoms with Gasteiger partial charge in [0.1, 0.15) is 12.6 Å². The number of benzene rings is 4. The van der Waals surface area contributed by atoms with E-state index in [4.69, 9.17) is 0 Å². The fourth-order valence-electron chi connectivity index (χ4n) is 5.29. The highest BCUT2D eigenvalue weighted by Crippen LogP contribution is 2.29. The summed E-state index contributed by atoms with van der Waals surface area (Å²) in [5.74, 6) is -0.735. The molecule has 7 nitrogen and oxygen atoms in total. The van der Waals surface area contributed by atoms with Crippen molar-refractivity contribution >= 4 is 27.5 Å². The van der Waals surface area contributed by atoms with E-state index in [1.54, 1.807) is 35.2 Å². The van der Waals surface area contributed by atoms with E-state index >= 15 is 0 Å². The second-order valence-electron chi connectivity index (χ2n) is 12.0. The van der Waals surface area contributed by atoms with Gasteiger partial charge in [0.25, 0.3) is 10.0 Å². The Hall–Kier alpha value is -4.43. The third-order valence-corrected chi connectivity index (χ3v) is 9.87. The molecule has 2 amide bonds. The van der Waals surface area contributed by atoms with Gasteiger partial charge in [-0.1, -0.05) is 103 Å². The van der Waals surface area contributed by atoms with Crippen molar-refractivity contribution in [2.45, 2.75) is 71.4 Å². The van der Waals surface area contributed by atoms with Crippen molar-refractivity contribution in [1.82, 2.24) is 10.2 Å². The van der Waals surface area contributed by atoms with Crippen molar-refractivity contribution in [2.75, 3.05) is 17.4 Å². The molecule has 8 heteroatoms. The highest BCUT2D eigenvalue weighted by atomic mass is 32.2. The van der Waals surface area contributed by atoms with Gasteiger partial charge in [-0.15, -0.1) is 0 Å². The monoisotopic (exact) mass is 639 g/mol. The first-order valence-electron chi connectivity index (χ1n) is 15.8. The Morgan fingerprint density at radius 2 is 1.37 bits per heavy atom. The van der Waals surface area contributed by atoms with Gasteiger partial charge in [-0.2, -0.15) is 0 Å². The molecule has 0 saturated heterocycles. The third-order valence-electron chi connectivity index (χ3n) is 8.10. The Bertz CT molecular complexity index is 1720. The van der Waals surface area contributed by atoms with Crippen molar-refractivity contribution in [3.8, 4) is 0 Å². The molecule has 0 unspecified atom stereocenters. The zero-order valence-electron chi connectivity index (χ0n) is 27.5. The van der Waals surface area contributed by atoms with Crippen LogP contribution in [0.3, 0.4) is 0 Å². The van der Waals surface area contributed by atoms with E-state index in [0.29, 0.717) is 12.2 Å². The number of aryl methyl sites for hydroxylation is 4. The summed E-state index contributed by atoms with van der Waals surface area (Å²) in [5.41, 5.74) is 5.76. The van der Waals surface area contributed by atoms with Crippen LogP contribution < -0.4 is 9.62 Å². The highest BCUT2D eigenvalue weighted by Gasteiger charge is 2.35. The number of sulfonamides is 1. The molecule has 0 bridgehead atoms. The molecule has 0 saturated carbocycles. The third kappa shape index (κ3) is 8.85. The number of hydrogen-bond donors (Lipinski definition) is 1. The lowest BCUT2D eigenvalue weighted by molar-refractivity contribution is -0.140. The van der Waals surface area contributed by atoms with Gasteiger partial charge < -0.3 is 10.2 Å². The molecule has 1 atom stereocenters. The quantitative estimate of drug-likeness (QED) is 0.156. The molecular weight excluding hydrogens is 595 g/mol. The maximum atomic E-state index is 14.6. The summed E-state index contributed by atoms with van der Waals surface area (Å²) in [6.07, 6.45) is 2.01. The molecule has 1 N–H and O–H groups in total. The van der Waals surface area contributed by atoms with Gasteiger partial charge in [0.05, 0.1) is 10.6 Å². The Morgan fingerprint density at radius 1 is 0.761 bits per heavy atom. The minimum Gasteiger partial charge on any atom is -0.354 e. The SMILES string of the molecule is CCCCNC(=O)[C@H](Cc1ccccc1)N(Cc1ccc(C)cc1)C(=O)CN(c1cc(C)ccc1C)S(=O)(=O)c1ccc(C)cc1. The summed E-state index contributed by atoms with van der Waals surface area (Å²) >= 11 is 0. The zero-order valence-corrected chi connectivity index (χ0v) is 28.3. The zero-order chi connectivity index (χ0) is 33.3. The molecule has 0 fully saturated rings. The molecule has 0 heterocycles. The highest BCUT2D eigenvalue weighted by molar-refractivity contribution is 7.92. The fraction of sp³-hybridized carbons (Fsp3) is 0.316. The molecule has 4 aromatic carbocycles. The molecular formula is C38H45N3O4S. The van der Waals surface area contributed by atoms with Crippen LogP contribution in [0.4, 0.5) is 5.69 Å². The van der Waals surface area contributed by atoms with E-state index in [9.17, 15) is 18.0 Å². The number of nitrogens with one attached hydrogen (secondary N) is 1. The Balaban J connectivity index is 1.81. The van der Waals surface area contributed by atoms with E-state index in [1.807, 2.05) is 94.4 Å². The van der Waals surface area contributed by atoms with Gasteiger partial charge in [-0.25, -0.2) is 8.42 Å². The van der Waals surface area contributed by atoms with Crippen molar-refractivity contribution < 1.29 is 18.0 Å². The Morgan fingerprint density at radius 3 is 2.00 bits per heavy atom. The summed E-state index contributed by atoms with van der Waals surface area (Å²) < 4.78 is 29.8. The number of anilines is 1. The van der Waals surface area contributed by atoms with Gasteiger partial charge in [-0.05, 0) is 74.6 Å². The first-order chi connectivity index (χ1) is 22.0. The Labute approximate surface area is 274 Å². The van der Waals surface area contributed by atoms with Crippen LogP contribution in [-0.2, 0) is 32.6 Å². The lowest BCUT2D eigenvalue weighted by Crippen LogP contribution is -2.53. The predicted molar refractivity (Wildman–Crippen MR) is 185 cm³/mol. The maximum absolute atomic E-state index is 14.6. The number of amides is 2. The van der Waals surface area contributed by atoms with Crippen LogP contribution in [0, 0.1) is 27.7 Å². The smallest absolute Gasteiger partial charge is 0.264 e. The topological polar surface area (TPSA) is 86.8 Å². The molecule has 4 aromatic rings. The molecule has 0 aliphatic rings. The maximum Gasteiger partial charge on any atom is 0.264 e. The van der Waals surface area contributed by atoms with Crippen LogP contribution in [0.15, 0.2) is 102 Å². The van der Waals surface area contributed by atoms with Crippen LogP contribution in [-0.4, -0.2) is 44.3 Å². The summed E-state index contributed by atoms with van der Waals surface area (Å²) in [7, 11) is -4.15. The van der Waals surface area contributed by atoms with Crippen LogP contribution in [0.25, 0.3) is 0 Å². The molecule has 0 radical (unpaired) electrons. The molecule has 0 aromatic heterocycles. The Kier molecular flexibility index (Phi) is 11.8. The molecule has 46 heavy (non-hydrogen) atoms. The van der Waals surface area contributed by atoms with Crippen molar-refractivity contribution in [2.24, 2.45) is 0 Å². The molecule has 0 aliphatic heterocycles. The lowest BCUT2D eigenvalue weighted by atomic mass is 10.0. The van der Waals surface area contributed by atoms with E-state index in [1.165, 1.54) is 4.31 Å². The summed E-state index contributed by atoms with van der Waals surface area (Å²) in [5, 5.41) is 3.03. The second-order valence-corrected chi connectivity index (χ2v) is 13.8. The largest absolute Gasteiger partial charge is 0.354 e. The minimum absolute atomic E-state index is 0.0926. The lowest BCUT2D eigenvalue weighted by Gasteiger charge is -2.34. The van der Waals surface area contributed by atoms with Gasteiger partial charge in [0.2, 0.25) is 11.8 Å². The van der Waals surface area contributed by atoms with Crippen LogP contribution in [0.2, 0.25) is 0 Å². The predicted octanol–water partition coefficient (Wildman–Crippen LogP) is 6.67. The number of carbonyl (C=O) groups is 2. The standard InChI is InChI=1S/C38H45N3O4S/c1-6-7-23-39-38(43)36(25-32-11-9-8-10-12-32)40(26-33-19-14-28(2)15-20-33)37(42)27-41(35-24-30(4)13-18-31(35)5)46(44,45)34-21-16-29(3)17-22-34/h8-22,24,36H,6-7,23,25-27H2,1-5H3,(H,39,43)/t36-/m0/s1. The van der Waals surface area contributed by atoms with Gasteiger partial charge in [-0.3, -0.25) is 13.9 Å². The van der Waals surface area contributed by atoms with E-state index in [2.05, 4.69) is 12.2 Å². The summed E-state index contributed by atoms with van der Waals surface area (Å²) in [6, 6.07) is 28.7. The van der Waals surface area contributed by atoms with Gasteiger partial charge >= 0.3 is 0 Å². The first-order valence-corrected chi connectivity index (χ1v) is 17.3. The number of carbonyl (C=O) groups excluding carboxylic acids is 2. The number of hydrogen-bond acceptors (Lipinski definition) is 4. The van der Waals surface area contributed by atoms with Crippen LogP contribution in [0.5, 0.6) is 0 Å². The summed E-state index contributed by atoms with van der Waals surface area (Å²) in [4.78, 5) is 30.1. The number of rotatable bonds is 14. The van der Waals surface area contributed by atoms with Crippen LogP contribution >= 0.6 is 0 Å². The van der Waals surface area contributed by atoms with Crippen LogP contribution in [0.1, 0.15) is 53.1 Å². The summed E-state index contributed by atoms with van der Waals surface area (Å²) in [6.45, 7) is 9.82. The second kappa shape index (κ2) is 15.7. The number of nitrogens with zero attached hydrogens (tertiary/aromatic N) is 2. The normalized spacial score (nSPS) is 11.9. The molecule has 0 spiro atoms. The minimum atomic E-state index is -4.15. The first kappa shape index (κ1) is 34.4. The van der Waals surface area contributed by atoms with Crippen molar-refractivity contribution in [1.29, 1.82) is 0 Å². The van der Waals surface area contributed by atoms with Crippen molar-refractivity contribution in [3.63, 3.8) is 0 Å². The van der Waals surface area contributed by atoms with Gasteiger partial charge in [0, 0.05) is 19.5 Å². The molecule has 4 rings (SSSR count). The van der Waals surface area contributed by atoms with E-state index < -0.39 is 28.5 Å².